The first kappa shape index (κ1) is 14.4. The molecule has 0 saturated carbocycles. The first-order valence-electron chi connectivity index (χ1n) is 6.83. The molecule has 1 aromatic rings. The van der Waals surface area contributed by atoms with Crippen molar-refractivity contribution in [2.24, 2.45) is 13.0 Å². The maximum absolute atomic E-state index is 12.7. The molecule has 0 N–H and O–H groups in total. The van der Waals surface area contributed by atoms with Crippen molar-refractivity contribution in [3.05, 3.63) is 17.0 Å². The average Bonchev–Trinajstić information content (AvgIpc) is 2.62. The molecule has 2 rings (SSSR count). The van der Waals surface area contributed by atoms with Crippen LogP contribution in [-0.2, 0) is 7.05 Å². The monoisotopic (exact) mass is 281 g/mol. The smallest absolute Gasteiger partial charge is 0.257 e. The Balaban J connectivity index is 2.19. The van der Waals surface area contributed by atoms with Crippen LogP contribution in [0.15, 0.2) is 0 Å². The minimum absolute atomic E-state index is 0.147. The lowest BCUT2D eigenvalue weighted by molar-refractivity contribution is 0.0754. The molecule has 1 unspecified atom stereocenters. The van der Waals surface area contributed by atoms with E-state index < -0.39 is 0 Å². The molecule has 1 amide bonds. The lowest BCUT2D eigenvalue weighted by atomic mass is 10.1. The summed E-state index contributed by atoms with van der Waals surface area (Å²) in [4.78, 5) is 14.7. The van der Waals surface area contributed by atoms with Gasteiger partial charge in [0, 0.05) is 36.8 Å². The first-order valence-corrected chi connectivity index (χ1v) is 7.87. The number of carbonyl (C=O) groups excluding carboxylic acids is 1. The SMILES string of the molecule is Cc1nn(C)c(C)c1C(=O)N1CCSC(C(C)C)C1. The zero-order valence-corrected chi connectivity index (χ0v) is 13.3. The maximum atomic E-state index is 12.7. The van der Waals surface area contributed by atoms with E-state index in [2.05, 4.69) is 18.9 Å². The summed E-state index contributed by atoms with van der Waals surface area (Å²) in [7, 11) is 1.89. The molecule has 1 fully saturated rings. The highest BCUT2D eigenvalue weighted by molar-refractivity contribution is 8.00. The third-order valence-electron chi connectivity index (χ3n) is 3.85. The highest BCUT2D eigenvalue weighted by atomic mass is 32.2. The minimum Gasteiger partial charge on any atom is -0.337 e. The average molecular weight is 281 g/mol. The van der Waals surface area contributed by atoms with Gasteiger partial charge < -0.3 is 4.90 Å². The molecule has 106 valence electrons. The third-order valence-corrected chi connectivity index (χ3v) is 5.39. The molecule has 1 aromatic heterocycles. The molecule has 1 aliphatic heterocycles. The first-order chi connectivity index (χ1) is 8.91. The van der Waals surface area contributed by atoms with Crippen molar-refractivity contribution in [3.8, 4) is 0 Å². The van der Waals surface area contributed by atoms with Gasteiger partial charge in [-0.25, -0.2) is 0 Å². The van der Waals surface area contributed by atoms with Gasteiger partial charge in [-0.05, 0) is 19.8 Å². The van der Waals surface area contributed by atoms with Gasteiger partial charge in [0.25, 0.3) is 5.91 Å². The quantitative estimate of drug-likeness (QED) is 0.834. The van der Waals surface area contributed by atoms with Crippen LogP contribution in [0.25, 0.3) is 0 Å². The number of nitrogens with zero attached hydrogens (tertiary/aromatic N) is 3. The van der Waals surface area contributed by atoms with Crippen LogP contribution >= 0.6 is 11.8 Å². The summed E-state index contributed by atoms with van der Waals surface area (Å²) in [6.45, 7) is 10.0. The van der Waals surface area contributed by atoms with Crippen LogP contribution in [0, 0.1) is 19.8 Å². The van der Waals surface area contributed by atoms with Gasteiger partial charge in [-0.2, -0.15) is 16.9 Å². The van der Waals surface area contributed by atoms with Gasteiger partial charge in [0.15, 0.2) is 0 Å². The Morgan fingerprint density at radius 2 is 2.11 bits per heavy atom. The minimum atomic E-state index is 0.147. The normalized spacial score (nSPS) is 20.1. The van der Waals surface area contributed by atoms with E-state index in [9.17, 15) is 4.79 Å². The van der Waals surface area contributed by atoms with Crippen LogP contribution in [0.5, 0.6) is 0 Å². The van der Waals surface area contributed by atoms with Gasteiger partial charge in [-0.15, -0.1) is 0 Å². The van der Waals surface area contributed by atoms with E-state index in [-0.39, 0.29) is 5.91 Å². The van der Waals surface area contributed by atoms with Crippen LogP contribution in [0.1, 0.15) is 35.6 Å². The zero-order valence-electron chi connectivity index (χ0n) is 12.4. The van der Waals surface area contributed by atoms with Crippen LogP contribution in [0.4, 0.5) is 0 Å². The summed E-state index contributed by atoms with van der Waals surface area (Å²) >= 11 is 1.99. The Labute approximate surface area is 119 Å². The Morgan fingerprint density at radius 3 is 2.63 bits per heavy atom. The second kappa shape index (κ2) is 5.57. The number of rotatable bonds is 2. The molecule has 5 heteroatoms. The Bertz CT molecular complexity index is 481. The van der Waals surface area contributed by atoms with Gasteiger partial charge in [0.1, 0.15) is 0 Å². The molecule has 1 aliphatic rings. The second-order valence-corrected chi connectivity index (χ2v) is 6.92. The summed E-state index contributed by atoms with van der Waals surface area (Å²) in [5, 5.41) is 4.90. The van der Waals surface area contributed by atoms with Crippen molar-refractivity contribution < 1.29 is 4.79 Å². The van der Waals surface area contributed by atoms with Gasteiger partial charge in [0.2, 0.25) is 0 Å². The summed E-state index contributed by atoms with van der Waals surface area (Å²) in [6.07, 6.45) is 0. The molecule has 0 spiro atoms. The standard InChI is InChI=1S/C14H23N3OS/c1-9(2)12-8-17(6-7-19-12)14(18)13-10(3)15-16(5)11(13)4/h9,12H,6-8H2,1-5H3. The van der Waals surface area contributed by atoms with Gasteiger partial charge in [-0.3, -0.25) is 9.48 Å². The molecule has 0 radical (unpaired) electrons. The van der Waals surface area contributed by atoms with Crippen molar-refractivity contribution >= 4 is 17.7 Å². The Hall–Kier alpha value is -0.970. The zero-order chi connectivity index (χ0) is 14.2. The van der Waals surface area contributed by atoms with Crippen molar-refractivity contribution in [3.63, 3.8) is 0 Å². The summed E-state index contributed by atoms with van der Waals surface area (Å²) < 4.78 is 1.79. The van der Waals surface area contributed by atoms with E-state index in [4.69, 9.17) is 0 Å². The van der Waals surface area contributed by atoms with E-state index in [0.717, 1.165) is 35.8 Å². The maximum Gasteiger partial charge on any atom is 0.257 e. The number of thioether (sulfide) groups is 1. The predicted octanol–water partition coefficient (Wildman–Crippen LogP) is 2.25. The van der Waals surface area contributed by atoms with Gasteiger partial charge in [-0.1, -0.05) is 13.8 Å². The summed E-state index contributed by atoms with van der Waals surface area (Å²) in [6, 6.07) is 0. The van der Waals surface area contributed by atoms with Crippen molar-refractivity contribution in [2.75, 3.05) is 18.8 Å². The van der Waals surface area contributed by atoms with Gasteiger partial charge in [0.05, 0.1) is 11.3 Å². The van der Waals surface area contributed by atoms with E-state index in [0.29, 0.717) is 11.2 Å². The van der Waals surface area contributed by atoms with Crippen molar-refractivity contribution in [2.45, 2.75) is 32.9 Å². The largest absolute Gasteiger partial charge is 0.337 e. The highest BCUT2D eigenvalue weighted by Gasteiger charge is 2.29. The third kappa shape index (κ3) is 2.81. The van der Waals surface area contributed by atoms with Crippen molar-refractivity contribution in [1.29, 1.82) is 0 Å². The second-order valence-electron chi connectivity index (χ2n) is 5.57. The summed E-state index contributed by atoms with van der Waals surface area (Å²) in [5.41, 5.74) is 2.59. The number of amides is 1. The molecule has 2 heterocycles. The van der Waals surface area contributed by atoms with E-state index in [1.807, 2.05) is 37.6 Å². The highest BCUT2D eigenvalue weighted by Crippen LogP contribution is 2.26. The molecule has 0 aliphatic carbocycles. The molecule has 19 heavy (non-hydrogen) atoms. The fourth-order valence-corrected chi connectivity index (χ4v) is 3.80. The lowest BCUT2D eigenvalue weighted by Gasteiger charge is -2.34. The molecule has 1 saturated heterocycles. The van der Waals surface area contributed by atoms with Gasteiger partial charge >= 0.3 is 0 Å². The van der Waals surface area contributed by atoms with Crippen LogP contribution < -0.4 is 0 Å². The number of hydrogen-bond donors (Lipinski definition) is 0. The number of aryl methyl sites for hydroxylation is 2. The summed E-state index contributed by atoms with van der Waals surface area (Å²) in [5.74, 6) is 1.79. The Kier molecular flexibility index (Phi) is 4.23. The number of carbonyl (C=O) groups is 1. The van der Waals surface area contributed by atoms with E-state index in [1.54, 1.807) is 4.68 Å². The molecule has 0 aromatic carbocycles. The Morgan fingerprint density at radius 1 is 1.42 bits per heavy atom. The predicted molar refractivity (Wildman–Crippen MR) is 79.7 cm³/mol. The van der Waals surface area contributed by atoms with Crippen molar-refractivity contribution in [1.82, 2.24) is 14.7 Å². The molecular weight excluding hydrogens is 258 g/mol. The van der Waals surface area contributed by atoms with E-state index >= 15 is 0 Å². The van der Waals surface area contributed by atoms with Crippen LogP contribution in [0.2, 0.25) is 0 Å². The number of hydrogen-bond acceptors (Lipinski definition) is 3. The van der Waals surface area contributed by atoms with Crippen LogP contribution in [-0.4, -0.2) is 44.7 Å². The molecule has 4 nitrogen and oxygen atoms in total. The van der Waals surface area contributed by atoms with Crippen LogP contribution in [0.3, 0.4) is 0 Å². The lowest BCUT2D eigenvalue weighted by Crippen LogP contribution is -2.43. The number of aromatic nitrogens is 2. The molecular formula is C14H23N3OS. The fourth-order valence-electron chi connectivity index (χ4n) is 2.50. The topological polar surface area (TPSA) is 38.1 Å². The van der Waals surface area contributed by atoms with E-state index in [1.165, 1.54) is 0 Å². The molecule has 1 atom stereocenters. The fraction of sp³-hybridized carbons (Fsp3) is 0.714. The molecule has 0 bridgehead atoms.